The van der Waals surface area contributed by atoms with Crippen LogP contribution in [0.25, 0.3) is 10.9 Å². The molecule has 0 bridgehead atoms. The molecular weight excluding hydrogens is 250 g/mol. The molecule has 3 nitrogen and oxygen atoms in total. The van der Waals surface area contributed by atoms with Crippen molar-refractivity contribution < 1.29 is 9.53 Å². The van der Waals surface area contributed by atoms with Gasteiger partial charge < -0.3 is 4.74 Å². The summed E-state index contributed by atoms with van der Waals surface area (Å²) in [4.78, 5) is 16.4. The first-order chi connectivity index (χ1) is 9.72. The van der Waals surface area contributed by atoms with Gasteiger partial charge in [0.1, 0.15) is 11.4 Å². The second-order valence-corrected chi connectivity index (χ2v) is 4.60. The van der Waals surface area contributed by atoms with E-state index in [-0.39, 0.29) is 0 Å². The maximum atomic E-state index is 12.1. The first-order valence-corrected chi connectivity index (χ1v) is 6.37. The topological polar surface area (TPSA) is 39.2 Å². The van der Waals surface area contributed by atoms with Crippen LogP contribution in [0.3, 0.4) is 0 Å². The lowest BCUT2D eigenvalue weighted by molar-refractivity contribution is 0.0729. The third-order valence-electron chi connectivity index (χ3n) is 3.01. The third kappa shape index (κ3) is 2.52. The SMILES string of the molecule is Cc1cccc(OC(=O)c2ccc3ccccc3n2)c1. The lowest BCUT2D eigenvalue weighted by Crippen LogP contribution is -2.10. The van der Waals surface area contributed by atoms with Crippen LogP contribution >= 0.6 is 0 Å². The number of pyridine rings is 1. The lowest BCUT2D eigenvalue weighted by atomic mass is 10.2. The molecule has 1 aromatic heterocycles. The number of para-hydroxylation sites is 1. The number of esters is 1. The molecule has 2 aromatic carbocycles. The minimum atomic E-state index is -0.443. The van der Waals surface area contributed by atoms with Crippen molar-refractivity contribution in [2.24, 2.45) is 0 Å². The van der Waals surface area contributed by atoms with E-state index >= 15 is 0 Å². The fraction of sp³-hybridized carbons (Fsp3) is 0.0588. The van der Waals surface area contributed by atoms with Gasteiger partial charge in [0.05, 0.1) is 5.52 Å². The number of carbonyl (C=O) groups is 1. The average Bonchev–Trinajstić information content (AvgIpc) is 2.47. The monoisotopic (exact) mass is 263 g/mol. The van der Waals surface area contributed by atoms with E-state index in [1.165, 1.54) is 0 Å². The van der Waals surface area contributed by atoms with Crippen LogP contribution in [0.5, 0.6) is 5.75 Å². The van der Waals surface area contributed by atoms with Gasteiger partial charge in [0.25, 0.3) is 0 Å². The Labute approximate surface area is 116 Å². The fourth-order valence-electron chi connectivity index (χ4n) is 2.02. The van der Waals surface area contributed by atoms with Crippen molar-refractivity contribution in [2.45, 2.75) is 6.92 Å². The Kier molecular flexibility index (Phi) is 3.17. The van der Waals surface area contributed by atoms with E-state index in [2.05, 4.69) is 4.98 Å². The Morgan fingerprint density at radius 3 is 2.70 bits per heavy atom. The highest BCUT2D eigenvalue weighted by molar-refractivity contribution is 5.92. The molecule has 0 N–H and O–H groups in total. The van der Waals surface area contributed by atoms with Gasteiger partial charge in [0.15, 0.2) is 0 Å². The summed E-state index contributed by atoms with van der Waals surface area (Å²) in [5.74, 6) is 0.0892. The summed E-state index contributed by atoms with van der Waals surface area (Å²) in [6, 6.07) is 18.6. The molecular formula is C17H13NO2. The van der Waals surface area contributed by atoms with Gasteiger partial charge in [0.2, 0.25) is 0 Å². The van der Waals surface area contributed by atoms with Gasteiger partial charge in [-0.05, 0) is 36.8 Å². The van der Waals surface area contributed by atoms with E-state index in [0.717, 1.165) is 16.5 Å². The average molecular weight is 263 g/mol. The van der Waals surface area contributed by atoms with Crippen LogP contribution in [0.1, 0.15) is 16.1 Å². The summed E-state index contributed by atoms with van der Waals surface area (Å²) in [7, 11) is 0. The summed E-state index contributed by atoms with van der Waals surface area (Å²) in [6.45, 7) is 1.95. The molecule has 0 spiro atoms. The quantitative estimate of drug-likeness (QED) is 0.522. The molecule has 0 saturated carbocycles. The molecule has 0 amide bonds. The van der Waals surface area contributed by atoms with Gasteiger partial charge in [-0.15, -0.1) is 0 Å². The van der Waals surface area contributed by atoms with Crippen LogP contribution < -0.4 is 4.74 Å². The number of hydrogen-bond donors (Lipinski definition) is 0. The zero-order valence-electron chi connectivity index (χ0n) is 11.0. The first kappa shape index (κ1) is 12.4. The van der Waals surface area contributed by atoms with Crippen molar-refractivity contribution in [3.63, 3.8) is 0 Å². The molecule has 98 valence electrons. The Bertz CT molecular complexity index is 781. The Hall–Kier alpha value is -2.68. The number of rotatable bonds is 2. The largest absolute Gasteiger partial charge is 0.422 e. The number of aromatic nitrogens is 1. The van der Waals surface area contributed by atoms with Crippen LogP contribution in [-0.2, 0) is 0 Å². The molecule has 0 aliphatic carbocycles. The smallest absolute Gasteiger partial charge is 0.362 e. The number of ether oxygens (including phenoxy) is 1. The summed E-state index contributed by atoms with van der Waals surface area (Å²) >= 11 is 0. The molecule has 3 heteroatoms. The summed E-state index contributed by atoms with van der Waals surface area (Å²) in [5.41, 5.74) is 2.14. The zero-order valence-corrected chi connectivity index (χ0v) is 11.0. The number of benzene rings is 2. The highest BCUT2D eigenvalue weighted by atomic mass is 16.5. The van der Waals surface area contributed by atoms with Gasteiger partial charge in [-0.25, -0.2) is 9.78 Å². The van der Waals surface area contributed by atoms with E-state index in [9.17, 15) is 4.79 Å². The van der Waals surface area contributed by atoms with Crippen molar-refractivity contribution in [1.82, 2.24) is 4.98 Å². The second-order valence-electron chi connectivity index (χ2n) is 4.60. The number of aryl methyl sites for hydroxylation is 1. The highest BCUT2D eigenvalue weighted by Crippen LogP contribution is 2.16. The second kappa shape index (κ2) is 5.13. The normalized spacial score (nSPS) is 10.4. The Balaban J connectivity index is 1.88. The van der Waals surface area contributed by atoms with Crippen LogP contribution in [0.2, 0.25) is 0 Å². The maximum Gasteiger partial charge on any atom is 0.362 e. The third-order valence-corrected chi connectivity index (χ3v) is 3.01. The summed E-state index contributed by atoms with van der Waals surface area (Å²) in [5, 5.41) is 1.000. The number of nitrogens with zero attached hydrogens (tertiary/aromatic N) is 1. The molecule has 0 saturated heterocycles. The van der Waals surface area contributed by atoms with E-state index < -0.39 is 5.97 Å². The first-order valence-electron chi connectivity index (χ1n) is 6.37. The molecule has 20 heavy (non-hydrogen) atoms. The maximum absolute atomic E-state index is 12.1. The molecule has 3 rings (SSSR count). The minimum Gasteiger partial charge on any atom is -0.422 e. The van der Waals surface area contributed by atoms with Crippen LogP contribution in [-0.4, -0.2) is 11.0 Å². The molecule has 0 radical (unpaired) electrons. The van der Waals surface area contributed by atoms with Gasteiger partial charge in [-0.3, -0.25) is 0 Å². The predicted molar refractivity (Wildman–Crippen MR) is 77.9 cm³/mol. The molecule has 0 fully saturated rings. The van der Waals surface area contributed by atoms with Gasteiger partial charge in [-0.2, -0.15) is 0 Å². The van der Waals surface area contributed by atoms with Crippen molar-refractivity contribution in [3.05, 3.63) is 71.9 Å². The molecule has 3 aromatic rings. The van der Waals surface area contributed by atoms with E-state index in [1.54, 1.807) is 12.1 Å². The lowest BCUT2D eigenvalue weighted by Gasteiger charge is -2.05. The van der Waals surface area contributed by atoms with Gasteiger partial charge in [0, 0.05) is 5.39 Å². The molecule has 0 unspecified atom stereocenters. The van der Waals surface area contributed by atoms with E-state index in [0.29, 0.717) is 11.4 Å². The molecule has 0 aliphatic heterocycles. The van der Waals surface area contributed by atoms with Gasteiger partial charge >= 0.3 is 5.97 Å². The Morgan fingerprint density at radius 1 is 1.00 bits per heavy atom. The number of hydrogen-bond acceptors (Lipinski definition) is 3. The molecule has 1 heterocycles. The number of fused-ring (bicyclic) bond motifs is 1. The van der Waals surface area contributed by atoms with Crippen LogP contribution in [0, 0.1) is 6.92 Å². The molecule has 0 atom stereocenters. The van der Waals surface area contributed by atoms with Crippen LogP contribution in [0.15, 0.2) is 60.7 Å². The summed E-state index contributed by atoms with van der Waals surface area (Å²) in [6.07, 6.45) is 0. The van der Waals surface area contributed by atoms with Gasteiger partial charge in [-0.1, -0.05) is 36.4 Å². The van der Waals surface area contributed by atoms with Crippen LogP contribution in [0.4, 0.5) is 0 Å². The van der Waals surface area contributed by atoms with Crippen molar-refractivity contribution in [3.8, 4) is 5.75 Å². The number of carbonyl (C=O) groups excluding carboxylic acids is 1. The summed E-state index contributed by atoms with van der Waals surface area (Å²) < 4.78 is 5.33. The zero-order chi connectivity index (χ0) is 13.9. The fourth-order valence-corrected chi connectivity index (χ4v) is 2.02. The van der Waals surface area contributed by atoms with Crippen molar-refractivity contribution in [2.75, 3.05) is 0 Å². The van der Waals surface area contributed by atoms with E-state index in [4.69, 9.17) is 4.74 Å². The highest BCUT2D eigenvalue weighted by Gasteiger charge is 2.10. The Morgan fingerprint density at radius 2 is 1.85 bits per heavy atom. The molecule has 0 aliphatic rings. The van der Waals surface area contributed by atoms with Crippen molar-refractivity contribution >= 4 is 16.9 Å². The van der Waals surface area contributed by atoms with E-state index in [1.807, 2.05) is 55.5 Å². The minimum absolute atomic E-state index is 0.310. The van der Waals surface area contributed by atoms with Crippen molar-refractivity contribution in [1.29, 1.82) is 0 Å². The standard InChI is InChI=1S/C17H13NO2/c1-12-5-4-7-14(11-12)20-17(19)16-10-9-13-6-2-3-8-15(13)18-16/h2-11H,1H3. The predicted octanol–water partition coefficient (Wildman–Crippen LogP) is 3.76.